The van der Waals surface area contributed by atoms with Gasteiger partial charge in [-0.3, -0.25) is 9.78 Å². The molecule has 2 N–H and O–H groups in total. The summed E-state index contributed by atoms with van der Waals surface area (Å²) in [6, 6.07) is 12.3. The van der Waals surface area contributed by atoms with Gasteiger partial charge in [-0.05, 0) is 42.0 Å². The SMILES string of the molecule is Nc1cc(Cl)c(-n2ccc3c2ccc(=O)n3Cc2ccncc2)c(Cl)c1. The van der Waals surface area contributed by atoms with Gasteiger partial charge in [0.1, 0.15) is 0 Å². The lowest BCUT2D eigenvalue weighted by atomic mass is 10.2. The minimum Gasteiger partial charge on any atom is -0.399 e. The third-order valence-electron chi connectivity index (χ3n) is 4.21. The van der Waals surface area contributed by atoms with E-state index in [1.54, 1.807) is 41.2 Å². The zero-order valence-corrected chi connectivity index (χ0v) is 15.1. The van der Waals surface area contributed by atoms with Crippen LogP contribution in [0, 0.1) is 0 Å². The summed E-state index contributed by atoms with van der Waals surface area (Å²) in [5.41, 5.74) is 9.45. The summed E-state index contributed by atoms with van der Waals surface area (Å²) in [6.45, 7) is 0.450. The van der Waals surface area contributed by atoms with Crippen molar-refractivity contribution in [2.45, 2.75) is 6.54 Å². The zero-order chi connectivity index (χ0) is 18.3. The molecule has 0 aliphatic heterocycles. The van der Waals surface area contributed by atoms with Crippen LogP contribution in [0.5, 0.6) is 0 Å². The summed E-state index contributed by atoms with van der Waals surface area (Å²) in [5.74, 6) is 0. The largest absolute Gasteiger partial charge is 0.399 e. The first kappa shape index (κ1) is 16.7. The molecule has 0 saturated heterocycles. The van der Waals surface area contributed by atoms with E-state index in [2.05, 4.69) is 4.98 Å². The number of hydrogen-bond acceptors (Lipinski definition) is 3. The number of rotatable bonds is 3. The highest BCUT2D eigenvalue weighted by Gasteiger charge is 2.14. The van der Waals surface area contributed by atoms with E-state index in [4.69, 9.17) is 28.9 Å². The van der Waals surface area contributed by atoms with Gasteiger partial charge in [-0.1, -0.05) is 23.2 Å². The lowest BCUT2D eigenvalue weighted by Crippen LogP contribution is -2.19. The van der Waals surface area contributed by atoms with E-state index in [1.807, 2.05) is 29.0 Å². The molecule has 0 aliphatic carbocycles. The summed E-state index contributed by atoms with van der Waals surface area (Å²) in [7, 11) is 0. The van der Waals surface area contributed by atoms with Crippen LogP contribution in [-0.2, 0) is 6.54 Å². The molecule has 0 unspecified atom stereocenters. The number of benzene rings is 1. The van der Waals surface area contributed by atoms with Crippen molar-refractivity contribution in [2.24, 2.45) is 0 Å². The van der Waals surface area contributed by atoms with E-state index in [-0.39, 0.29) is 5.56 Å². The van der Waals surface area contributed by atoms with Crippen molar-refractivity contribution in [3.63, 3.8) is 0 Å². The molecule has 5 nitrogen and oxygen atoms in total. The summed E-state index contributed by atoms with van der Waals surface area (Å²) in [5, 5.41) is 0.888. The third-order valence-corrected chi connectivity index (χ3v) is 4.79. The molecule has 1 aromatic carbocycles. The summed E-state index contributed by atoms with van der Waals surface area (Å²) < 4.78 is 3.57. The van der Waals surface area contributed by atoms with Gasteiger partial charge in [0.25, 0.3) is 5.56 Å². The van der Waals surface area contributed by atoms with E-state index in [0.717, 1.165) is 16.6 Å². The monoisotopic (exact) mass is 384 g/mol. The number of halogens is 2. The molecule has 0 spiro atoms. The van der Waals surface area contributed by atoms with Crippen molar-refractivity contribution in [2.75, 3.05) is 5.73 Å². The van der Waals surface area contributed by atoms with Crippen molar-refractivity contribution >= 4 is 39.9 Å². The predicted octanol–water partition coefficient (Wildman–Crippen LogP) is 4.12. The van der Waals surface area contributed by atoms with Gasteiger partial charge < -0.3 is 14.9 Å². The third kappa shape index (κ3) is 2.85. The molecule has 7 heteroatoms. The second kappa shape index (κ2) is 6.52. The van der Waals surface area contributed by atoms with Crippen LogP contribution in [0.4, 0.5) is 5.69 Å². The van der Waals surface area contributed by atoms with Gasteiger partial charge >= 0.3 is 0 Å². The van der Waals surface area contributed by atoms with Gasteiger partial charge in [-0.15, -0.1) is 0 Å². The molecule has 0 fully saturated rings. The minimum absolute atomic E-state index is 0.0819. The van der Waals surface area contributed by atoms with Crippen molar-refractivity contribution in [3.05, 3.63) is 87.0 Å². The number of anilines is 1. The Morgan fingerprint density at radius 2 is 1.65 bits per heavy atom. The average molecular weight is 385 g/mol. The smallest absolute Gasteiger partial charge is 0.251 e. The molecule has 3 heterocycles. The fourth-order valence-corrected chi connectivity index (χ4v) is 3.72. The highest BCUT2D eigenvalue weighted by atomic mass is 35.5. The quantitative estimate of drug-likeness (QED) is 0.540. The molecule has 130 valence electrons. The topological polar surface area (TPSA) is 65.8 Å². The number of nitrogens with zero attached hydrogens (tertiary/aromatic N) is 3. The fourth-order valence-electron chi connectivity index (χ4n) is 3.03. The molecule has 26 heavy (non-hydrogen) atoms. The van der Waals surface area contributed by atoms with E-state index < -0.39 is 0 Å². The van der Waals surface area contributed by atoms with Crippen molar-refractivity contribution in [1.29, 1.82) is 0 Å². The van der Waals surface area contributed by atoms with Crippen LogP contribution in [0.15, 0.2) is 65.8 Å². The molecule has 0 aliphatic rings. The first-order chi connectivity index (χ1) is 12.5. The molecule has 0 saturated carbocycles. The molecule has 4 rings (SSSR count). The summed E-state index contributed by atoms with van der Waals surface area (Å²) in [6.07, 6.45) is 5.26. The minimum atomic E-state index is -0.0819. The Bertz CT molecular complexity index is 1140. The van der Waals surface area contributed by atoms with Gasteiger partial charge in [0.15, 0.2) is 0 Å². The second-order valence-electron chi connectivity index (χ2n) is 5.90. The van der Waals surface area contributed by atoms with Crippen LogP contribution in [0.3, 0.4) is 0 Å². The average Bonchev–Trinajstić information content (AvgIpc) is 3.01. The van der Waals surface area contributed by atoms with Crippen molar-refractivity contribution in [3.8, 4) is 5.69 Å². The highest BCUT2D eigenvalue weighted by molar-refractivity contribution is 6.38. The molecule has 0 bridgehead atoms. The molecule has 0 radical (unpaired) electrons. The van der Waals surface area contributed by atoms with Crippen LogP contribution < -0.4 is 11.3 Å². The van der Waals surface area contributed by atoms with Gasteiger partial charge in [-0.25, -0.2) is 0 Å². The van der Waals surface area contributed by atoms with Gasteiger partial charge in [0.05, 0.1) is 33.3 Å². The Balaban J connectivity index is 1.91. The maximum atomic E-state index is 12.4. The Morgan fingerprint density at radius 1 is 0.962 bits per heavy atom. The molecule has 4 aromatic rings. The lowest BCUT2D eigenvalue weighted by molar-refractivity contribution is 0.793. The molecule has 0 amide bonds. The van der Waals surface area contributed by atoms with E-state index in [1.165, 1.54) is 0 Å². The number of fused-ring (bicyclic) bond motifs is 1. The number of nitrogen functional groups attached to an aromatic ring is 1. The molecule has 0 atom stereocenters. The summed E-state index contributed by atoms with van der Waals surface area (Å²) in [4.78, 5) is 16.4. The van der Waals surface area contributed by atoms with Crippen molar-refractivity contribution < 1.29 is 0 Å². The first-order valence-electron chi connectivity index (χ1n) is 7.89. The standard InChI is InChI=1S/C19H14Cl2N4O/c20-14-9-13(22)10-15(21)19(14)24-8-5-17-16(24)1-2-18(26)25(17)11-12-3-6-23-7-4-12/h1-10H,11,22H2. The van der Waals surface area contributed by atoms with Crippen LogP contribution in [0.2, 0.25) is 10.0 Å². The highest BCUT2D eigenvalue weighted by Crippen LogP contribution is 2.33. The number of pyridine rings is 2. The van der Waals surface area contributed by atoms with Crippen LogP contribution in [0.1, 0.15) is 5.56 Å². The van der Waals surface area contributed by atoms with Gasteiger partial charge in [0, 0.05) is 30.3 Å². The van der Waals surface area contributed by atoms with Gasteiger partial charge in [-0.2, -0.15) is 0 Å². The maximum Gasteiger partial charge on any atom is 0.251 e. The Labute approximate surface area is 159 Å². The Morgan fingerprint density at radius 3 is 2.35 bits per heavy atom. The predicted molar refractivity (Wildman–Crippen MR) is 105 cm³/mol. The normalized spacial score (nSPS) is 11.2. The number of nitrogens with two attached hydrogens (primary N) is 1. The van der Waals surface area contributed by atoms with Crippen LogP contribution in [0.25, 0.3) is 16.7 Å². The molecular formula is C19H14Cl2N4O. The zero-order valence-electron chi connectivity index (χ0n) is 13.6. The number of hydrogen-bond donors (Lipinski definition) is 1. The second-order valence-corrected chi connectivity index (χ2v) is 6.72. The van der Waals surface area contributed by atoms with Crippen LogP contribution in [-0.4, -0.2) is 14.1 Å². The van der Waals surface area contributed by atoms with E-state index >= 15 is 0 Å². The van der Waals surface area contributed by atoms with E-state index in [0.29, 0.717) is 28.0 Å². The first-order valence-corrected chi connectivity index (χ1v) is 8.65. The fraction of sp³-hybridized carbons (Fsp3) is 0.0526. The Hall–Kier alpha value is -2.76. The molecular weight excluding hydrogens is 371 g/mol. The Kier molecular flexibility index (Phi) is 4.18. The summed E-state index contributed by atoms with van der Waals surface area (Å²) >= 11 is 12.7. The van der Waals surface area contributed by atoms with Crippen LogP contribution >= 0.6 is 23.2 Å². The molecule has 3 aromatic heterocycles. The number of aromatic nitrogens is 3. The van der Waals surface area contributed by atoms with Crippen molar-refractivity contribution in [1.82, 2.24) is 14.1 Å². The maximum absolute atomic E-state index is 12.4. The van der Waals surface area contributed by atoms with Gasteiger partial charge in [0.2, 0.25) is 0 Å². The van der Waals surface area contributed by atoms with E-state index in [9.17, 15) is 4.79 Å². The lowest BCUT2D eigenvalue weighted by Gasteiger charge is -2.12.